The van der Waals surface area contributed by atoms with Gasteiger partial charge in [-0.2, -0.15) is 0 Å². The highest BCUT2D eigenvalue weighted by Gasteiger charge is 2.36. The van der Waals surface area contributed by atoms with E-state index in [4.69, 9.17) is 16.3 Å². The summed E-state index contributed by atoms with van der Waals surface area (Å²) < 4.78 is 10.4. The molecular weight excluding hydrogens is 306 g/mol. The number of nitrogens with zero attached hydrogens (tertiary/aromatic N) is 1. The van der Waals surface area contributed by atoms with Crippen molar-refractivity contribution in [1.82, 2.24) is 4.90 Å². The summed E-state index contributed by atoms with van der Waals surface area (Å²) in [6, 6.07) is 5.52. The van der Waals surface area contributed by atoms with Gasteiger partial charge >= 0.3 is 11.9 Å². The van der Waals surface area contributed by atoms with Gasteiger partial charge in [-0.3, -0.25) is 4.79 Å². The zero-order chi connectivity index (χ0) is 16.5. The van der Waals surface area contributed by atoms with E-state index in [1.807, 2.05) is 12.1 Å². The number of hydrogen-bond acceptors (Lipinski definition) is 4. The van der Waals surface area contributed by atoms with Gasteiger partial charge in [0.15, 0.2) is 0 Å². The number of likely N-dealkylation sites (tertiary alicyclic amines) is 1. The molecule has 1 aliphatic rings. The first-order valence-corrected chi connectivity index (χ1v) is 7.44. The summed E-state index contributed by atoms with van der Waals surface area (Å²) in [6.45, 7) is 7.00. The molecule has 5 nitrogen and oxygen atoms in total. The Morgan fingerprint density at radius 1 is 1.27 bits per heavy atom. The molecule has 0 spiro atoms. The van der Waals surface area contributed by atoms with Crippen molar-refractivity contribution in [3.05, 3.63) is 28.8 Å². The van der Waals surface area contributed by atoms with Gasteiger partial charge in [0, 0.05) is 10.6 Å². The molecule has 0 N–H and O–H groups in total. The van der Waals surface area contributed by atoms with Gasteiger partial charge in [-0.05, 0) is 23.6 Å². The SMILES string of the molecule is COC(=O)C(=O)N1CC(Oc2ccc(Cl)cc2C(C)(C)C)C1. The minimum absolute atomic E-state index is 0.106. The molecule has 0 radical (unpaired) electrons. The molecule has 120 valence electrons. The number of carbonyl (C=O) groups excluding carboxylic acids is 2. The van der Waals surface area contributed by atoms with Gasteiger partial charge in [0.2, 0.25) is 0 Å². The van der Waals surface area contributed by atoms with Crippen molar-refractivity contribution >= 4 is 23.5 Å². The quantitative estimate of drug-likeness (QED) is 0.619. The van der Waals surface area contributed by atoms with Crippen molar-refractivity contribution in [2.45, 2.75) is 32.3 Å². The average Bonchev–Trinajstić information content (AvgIpc) is 2.41. The van der Waals surface area contributed by atoms with E-state index in [1.54, 1.807) is 6.07 Å². The minimum Gasteiger partial charge on any atom is -0.486 e. The van der Waals surface area contributed by atoms with Crippen molar-refractivity contribution in [2.75, 3.05) is 20.2 Å². The predicted molar refractivity (Wildman–Crippen MR) is 83.2 cm³/mol. The van der Waals surface area contributed by atoms with Gasteiger partial charge in [-0.25, -0.2) is 4.79 Å². The predicted octanol–water partition coefficient (Wildman–Crippen LogP) is 2.40. The highest BCUT2D eigenvalue weighted by atomic mass is 35.5. The Hall–Kier alpha value is -1.75. The number of carbonyl (C=O) groups is 2. The second kappa shape index (κ2) is 6.16. The third-order valence-corrected chi connectivity index (χ3v) is 3.77. The Balaban J connectivity index is 2.03. The van der Waals surface area contributed by atoms with E-state index in [-0.39, 0.29) is 11.5 Å². The van der Waals surface area contributed by atoms with Gasteiger partial charge in [0.05, 0.1) is 20.2 Å². The van der Waals surface area contributed by atoms with E-state index in [1.165, 1.54) is 12.0 Å². The Morgan fingerprint density at radius 2 is 1.91 bits per heavy atom. The van der Waals surface area contributed by atoms with Crippen molar-refractivity contribution in [3.8, 4) is 5.75 Å². The summed E-state index contributed by atoms with van der Waals surface area (Å²) in [7, 11) is 1.19. The number of hydrogen-bond donors (Lipinski definition) is 0. The van der Waals surface area contributed by atoms with Crippen LogP contribution in [0.2, 0.25) is 5.02 Å². The first-order chi connectivity index (χ1) is 10.2. The van der Waals surface area contributed by atoms with Crippen LogP contribution in [0.4, 0.5) is 0 Å². The molecule has 1 saturated heterocycles. The van der Waals surface area contributed by atoms with Crippen molar-refractivity contribution in [1.29, 1.82) is 0 Å². The molecular formula is C16H20ClNO4. The largest absolute Gasteiger partial charge is 0.486 e. The Bertz CT molecular complexity index is 588. The normalized spacial score (nSPS) is 15.2. The molecule has 1 aromatic rings. The maximum absolute atomic E-state index is 11.6. The van der Waals surface area contributed by atoms with Crippen LogP contribution in [0.5, 0.6) is 5.75 Å². The van der Waals surface area contributed by atoms with Crippen LogP contribution in [-0.4, -0.2) is 43.1 Å². The summed E-state index contributed by atoms with van der Waals surface area (Å²) in [5, 5.41) is 0.661. The number of methoxy groups -OCH3 is 1. The fourth-order valence-corrected chi connectivity index (χ4v) is 2.44. The topological polar surface area (TPSA) is 55.8 Å². The van der Waals surface area contributed by atoms with Gasteiger partial charge in [0.25, 0.3) is 0 Å². The maximum Gasteiger partial charge on any atom is 0.396 e. The molecule has 1 amide bonds. The van der Waals surface area contributed by atoms with E-state index in [2.05, 4.69) is 25.5 Å². The van der Waals surface area contributed by atoms with E-state index < -0.39 is 11.9 Å². The van der Waals surface area contributed by atoms with Crippen LogP contribution in [0.25, 0.3) is 0 Å². The van der Waals surface area contributed by atoms with Crippen LogP contribution < -0.4 is 4.74 Å². The van der Waals surface area contributed by atoms with Crippen molar-refractivity contribution in [3.63, 3.8) is 0 Å². The van der Waals surface area contributed by atoms with E-state index in [9.17, 15) is 9.59 Å². The minimum atomic E-state index is -0.847. The smallest absolute Gasteiger partial charge is 0.396 e. The molecule has 0 bridgehead atoms. The summed E-state index contributed by atoms with van der Waals surface area (Å²) in [6.07, 6.45) is -0.129. The fourth-order valence-electron chi connectivity index (χ4n) is 2.27. The lowest BCUT2D eigenvalue weighted by Gasteiger charge is -2.39. The van der Waals surface area contributed by atoms with Crippen LogP contribution in [-0.2, 0) is 19.7 Å². The highest BCUT2D eigenvalue weighted by Crippen LogP contribution is 2.34. The Kier molecular flexibility index (Phi) is 4.66. The van der Waals surface area contributed by atoms with Crippen molar-refractivity contribution in [2.24, 2.45) is 0 Å². The summed E-state index contributed by atoms with van der Waals surface area (Å²) in [5.41, 5.74) is 0.906. The molecule has 0 aliphatic carbocycles. The molecule has 6 heteroatoms. The standard InChI is InChI=1S/C16H20ClNO4/c1-16(2,3)12-7-10(17)5-6-13(12)22-11-8-18(9-11)14(19)15(20)21-4/h5-7,11H,8-9H2,1-4H3. The van der Waals surface area contributed by atoms with Gasteiger partial charge in [-0.1, -0.05) is 32.4 Å². The van der Waals surface area contributed by atoms with Crippen LogP contribution in [0, 0.1) is 0 Å². The number of benzene rings is 1. The van der Waals surface area contributed by atoms with Crippen LogP contribution in [0.3, 0.4) is 0 Å². The maximum atomic E-state index is 11.6. The molecule has 22 heavy (non-hydrogen) atoms. The molecule has 1 heterocycles. The average molecular weight is 326 g/mol. The summed E-state index contributed by atoms with van der Waals surface area (Å²) in [4.78, 5) is 24.2. The number of rotatable bonds is 2. The monoisotopic (exact) mass is 325 g/mol. The molecule has 2 rings (SSSR count). The van der Waals surface area contributed by atoms with Crippen LogP contribution in [0.1, 0.15) is 26.3 Å². The molecule has 0 unspecified atom stereocenters. The lowest BCUT2D eigenvalue weighted by molar-refractivity contribution is -0.162. The third kappa shape index (κ3) is 3.53. The first-order valence-electron chi connectivity index (χ1n) is 7.06. The number of ether oxygens (including phenoxy) is 2. The fraction of sp³-hybridized carbons (Fsp3) is 0.500. The number of amides is 1. The zero-order valence-electron chi connectivity index (χ0n) is 13.2. The van der Waals surface area contributed by atoms with Crippen molar-refractivity contribution < 1.29 is 19.1 Å². The zero-order valence-corrected chi connectivity index (χ0v) is 13.9. The first kappa shape index (κ1) is 16.6. The second-order valence-corrected chi connectivity index (χ2v) is 6.77. The lowest BCUT2D eigenvalue weighted by atomic mass is 9.86. The molecule has 1 aliphatic heterocycles. The Labute approximate surface area is 135 Å². The third-order valence-electron chi connectivity index (χ3n) is 3.54. The number of halogens is 1. The van der Waals surface area contributed by atoms with Gasteiger partial charge < -0.3 is 14.4 Å². The summed E-state index contributed by atoms with van der Waals surface area (Å²) in [5.74, 6) is -0.720. The second-order valence-electron chi connectivity index (χ2n) is 6.33. The number of esters is 1. The molecule has 0 atom stereocenters. The highest BCUT2D eigenvalue weighted by molar-refractivity contribution is 6.32. The molecule has 0 saturated carbocycles. The lowest BCUT2D eigenvalue weighted by Crippen LogP contribution is -2.58. The molecule has 1 aromatic carbocycles. The van der Waals surface area contributed by atoms with Crippen LogP contribution >= 0.6 is 11.6 Å². The molecule has 1 fully saturated rings. The van der Waals surface area contributed by atoms with Gasteiger partial charge in [-0.15, -0.1) is 0 Å². The van der Waals surface area contributed by atoms with E-state index >= 15 is 0 Å². The molecule has 0 aromatic heterocycles. The summed E-state index contributed by atoms with van der Waals surface area (Å²) >= 11 is 6.06. The van der Waals surface area contributed by atoms with Gasteiger partial charge in [0.1, 0.15) is 11.9 Å². The van der Waals surface area contributed by atoms with E-state index in [0.29, 0.717) is 18.1 Å². The Morgan fingerprint density at radius 3 is 2.45 bits per heavy atom. The van der Waals surface area contributed by atoms with E-state index in [0.717, 1.165) is 11.3 Å². The van der Waals surface area contributed by atoms with Crippen LogP contribution in [0.15, 0.2) is 18.2 Å².